The van der Waals surface area contributed by atoms with Crippen molar-refractivity contribution in [1.82, 2.24) is 0 Å². The maximum Gasteiger partial charge on any atom is 0.0725 e. The number of fused-ring (bicyclic) bond motifs is 14. The van der Waals surface area contributed by atoms with E-state index in [4.69, 9.17) is 0 Å². The third kappa shape index (κ3) is 3.02. The Morgan fingerprint density at radius 1 is 0.370 bits per heavy atom. The fourth-order valence-corrected chi connectivity index (χ4v) is 9.96. The largest absolute Gasteiger partial charge is 0.0888 e. The van der Waals surface area contributed by atoms with Crippen LogP contribution >= 0.6 is 11.8 Å². The highest BCUT2D eigenvalue weighted by molar-refractivity contribution is 7.99. The first kappa shape index (κ1) is 24.9. The number of hydrogen-bond acceptors (Lipinski definition) is 1. The van der Waals surface area contributed by atoms with Gasteiger partial charge in [0, 0.05) is 15.2 Å². The average Bonchev–Trinajstić information content (AvgIpc) is 3.59. The highest BCUT2D eigenvalue weighted by Crippen LogP contribution is 2.64. The second-order valence-electron chi connectivity index (χ2n) is 12.8. The third-order valence-corrected chi connectivity index (χ3v) is 11.8. The molecule has 1 aliphatic heterocycles. The van der Waals surface area contributed by atoms with E-state index in [1.54, 1.807) is 0 Å². The predicted octanol–water partition coefficient (Wildman–Crippen LogP) is 12.1. The fourth-order valence-electron chi connectivity index (χ4n) is 8.84. The fraction of sp³-hybridized carbons (Fsp3) is 0.0222. The van der Waals surface area contributed by atoms with E-state index in [2.05, 4.69) is 158 Å². The molecule has 8 aromatic rings. The molecule has 0 fully saturated rings. The summed E-state index contributed by atoms with van der Waals surface area (Å²) < 4.78 is 0. The molecule has 46 heavy (non-hydrogen) atoms. The molecule has 1 spiro atoms. The average molecular weight is 599 g/mol. The Morgan fingerprint density at radius 2 is 1.00 bits per heavy atom. The summed E-state index contributed by atoms with van der Waals surface area (Å²) in [6.07, 6.45) is 0. The lowest BCUT2D eigenvalue weighted by molar-refractivity contribution is 0.794. The monoisotopic (exact) mass is 598 g/mol. The van der Waals surface area contributed by atoms with Gasteiger partial charge < -0.3 is 0 Å². The summed E-state index contributed by atoms with van der Waals surface area (Å²) in [5.74, 6) is 0. The Labute approximate surface area is 272 Å². The van der Waals surface area contributed by atoms with Gasteiger partial charge in [0.1, 0.15) is 0 Å². The summed E-state index contributed by atoms with van der Waals surface area (Å²) in [5, 5.41) is 5.30. The smallest absolute Gasteiger partial charge is 0.0725 e. The maximum atomic E-state index is 2.46. The topological polar surface area (TPSA) is 0 Å². The summed E-state index contributed by atoms with van der Waals surface area (Å²) in [6, 6.07) is 59.4. The first-order valence-electron chi connectivity index (χ1n) is 16.0. The van der Waals surface area contributed by atoms with Gasteiger partial charge in [0.15, 0.2) is 0 Å². The molecular formula is C45H26S. The van der Waals surface area contributed by atoms with Gasteiger partial charge in [-0.25, -0.2) is 0 Å². The van der Waals surface area contributed by atoms with E-state index in [0.29, 0.717) is 0 Å². The minimum atomic E-state index is -0.341. The molecule has 0 saturated carbocycles. The molecule has 212 valence electrons. The molecule has 0 N–H and O–H groups in total. The van der Waals surface area contributed by atoms with Crippen molar-refractivity contribution in [1.29, 1.82) is 0 Å². The predicted molar refractivity (Wildman–Crippen MR) is 193 cm³/mol. The van der Waals surface area contributed by atoms with Crippen molar-refractivity contribution < 1.29 is 0 Å². The van der Waals surface area contributed by atoms with E-state index in [-0.39, 0.29) is 5.41 Å². The normalized spacial score (nSPS) is 16.3. The second kappa shape index (κ2) is 8.88. The Hall–Kier alpha value is -5.37. The zero-order valence-electron chi connectivity index (χ0n) is 24.9. The van der Waals surface area contributed by atoms with Crippen LogP contribution in [0, 0.1) is 0 Å². The van der Waals surface area contributed by atoms with Crippen molar-refractivity contribution >= 4 is 33.3 Å². The summed E-state index contributed by atoms with van der Waals surface area (Å²) >= 11 is 1.89. The molecule has 0 amide bonds. The lowest BCUT2D eigenvalue weighted by Gasteiger charge is -2.30. The van der Waals surface area contributed by atoms with Crippen molar-refractivity contribution in [2.45, 2.75) is 15.2 Å². The van der Waals surface area contributed by atoms with Crippen LogP contribution in [0.5, 0.6) is 0 Å². The maximum absolute atomic E-state index is 2.46. The number of hydrogen-bond donors (Lipinski definition) is 0. The van der Waals surface area contributed by atoms with E-state index in [0.717, 1.165) is 0 Å². The molecule has 2 aliphatic carbocycles. The standard InChI is InChI=1S/C45H26S/c1-2-12-31-27(9-1)19-23-40-44(31)34-14-4-6-17-38(34)45(40)37-16-5-3-13-32(37)35-25-29(20-22-39(35)45)30-21-24-41-36(26-30)33-15-7-10-28-11-8-18-42(46-41)43(28)33/h1-26H. The molecule has 0 radical (unpaired) electrons. The Morgan fingerprint density at radius 3 is 1.89 bits per heavy atom. The van der Waals surface area contributed by atoms with Gasteiger partial charge in [0.2, 0.25) is 0 Å². The Bertz CT molecular complexity index is 2620. The lowest BCUT2D eigenvalue weighted by atomic mass is 9.70. The second-order valence-corrected chi connectivity index (χ2v) is 13.9. The zero-order chi connectivity index (χ0) is 30.0. The van der Waals surface area contributed by atoms with Gasteiger partial charge in [0.05, 0.1) is 5.41 Å². The molecule has 1 unspecified atom stereocenters. The van der Waals surface area contributed by atoms with Crippen LogP contribution in [0.25, 0.3) is 66.1 Å². The molecule has 1 heteroatoms. The summed E-state index contributed by atoms with van der Waals surface area (Å²) in [4.78, 5) is 2.67. The van der Waals surface area contributed by atoms with E-state index in [1.165, 1.54) is 98.1 Å². The molecule has 11 rings (SSSR count). The summed E-state index contributed by atoms with van der Waals surface area (Å²) in [6.45, 7) is 0. The van der Waals surface area contributed by atoms with Gasteiger partial charge in [-0.15, -0.1) is 0 Å². The van der Waals surface area contributed by atoms with E-state index in [1.807, 2.05) is 11.8 Å². The van der Waals surface area contributed by atoms with Gasteiger partial charge in [-0.05, 0) is 107 Å². The van der Waals surface area contributed by atoms with E-state index < -0.39 is 0 Å². The molecular weight excluding hydrogens is 573 g/mol. The van der Waals surface area contributed by atoms with Gasteiger partial charge in [-0.2, -0.15) is 0 Å². The minimum absolute atomic E-state index is 0.341. The van der Waals surface area contributed by atoms with Gasteiger partial charge in [-0.1, -0.05) is 145 Å². The van der Waals surface area contributed by atoms with Gasteiger partial charge in [-0.3, -0.25) is 0 Å². The van der Waals surface area contributed by atoms with Crippen LogP contribution in [0.3, 0.4) is 0 Å². The van der Waals surface area contributed by atoms with Crippen LogP contribution in [-0.4, -0.2) is 0 Å². The van der Waals surface area contributed by atoms with Crippen LogP contribution in [0.4, 0.5) is 0 Å². The summed E-state index contributed by atoms with van der Waals surface area (Å²) in [7, 11) is 0. The molecule has 1 atom stereocenters. The van der Waals surface area contributed by atoms with E-state index >= 15 is 0 Å². The van der Waals surface area contributed by atoms with Crippen molar-refractivity contribution in [2.24, 2.45) is 0 Å². The van der Waals surface area contributed by atoms with Crippen LogP contribution in [-0.2, 0) is 5.41 Å². The van der Waals surface area contributed by atoms with E-state index in [9.17, 15) is 0 Å². The number of benzene rings is 8. The zero-order valence-corrected chi connectivity index (χ0v) is 25.7. The first-order valence-corrected chi connectivity index (χ1v) is 16.8. The van der Waals surface area contributed by atoms with Crippen molar-refractivity contribution in [3.05, 3.63) is 180 Å². The lowest BCUT2D eigenvalue weighted by Crippen LogP contribution is -2.25. The highest BCUT2D eigenvalue weighted by Gasteiger charge is 2.51. The molecule has 3 aliphatic rings. The Kier molecular flexibility index (Phi) is 4.80. The number of rotatable bonds is 1. The highest BCUT2D eigenvalue weighted by atomic mass is 32.2. The van der Waals surface area contributed by atoms with Crippen molar-refractivity contribution in [3.63, 3.8) is 0 Å². The van der Waals surface area contributed by atoms with Crippen molar-refractivity contribution in [2.75, 3.05) is 0 Å². The van der Waals surface area contributed by atoms with Crippen LogP contribution in [0.1, 0.15) is 22.3 Å². The van der Waals surface area contributed by atoms with Crippen LogP contribution in [0.15, 0.2) is 168 Å². The molecule has 0 saturated heterocycles. The third-order valence-electron chi connectivity index (χ3n) is 10.7. The molecule has 0 nitrogen and oxygen atoms in total. The molecule has 1 heterocycles. The molecule has 8 aromatic carbocycles. The van der Waals surface area contributed by atoms with Gasteiger partial charge >= 0.3 is 0 Å². The quantitative estimate of drug-likeness (QED) is 0.181. The van der Waals surface area contributed by atoms with Gasteiger partial charge in [0.25, 0.3) is 0 Å². The summed E-state index contributed by atoms with van der Waals surface area (Å²) in [5.41, 5.74) is 15.8. The molecule has 0 aromatic heterocycles. The minimum Gasteiger partial charge on any atom is -0.0888 e. The van der Waals surface area contributed by atoms with Crippen molar-refractivity contribution in [3.8, 4) is 44.5 Å². The SMILES string of the molecule is c1ccc2c(c1)-c1cc(-c3ccc4c(c3)-c3cccc5cccc(c35)S4)ccc1C21c2ccccc2-c2c1ccc1ccccc21. The Balaban J connectivity index is 1.16. The first-order chi connectivity index (χ1) is 22.8. The van der Waals surface area contributed by atoms with Crippen LogP contribution < -0.4 is 0 Å². The molecule has 0 bridgehead atoms. The van der Waals surface area contributed by atoms with Crippen LogP contribution in [0.2, 0.25) is 0 Å².